The number of ether oxygens (including phenoxy) is 1. The van der Waals surface area contributed by atoms with Gasteiger partial charge in [0.15, 0.2) is 0 Å². The largest absolute Gasteiger partial charge is 0.375 e. The van der Waals surface area contributed by atoms with Crippen LogP contribution in [0, 0.1) is 0 Å². The van der Waals surface area contributed by atoms with Gasteiger partial charge in [0.25, 0.3) is 0 Å². The molecule has 0 aromatic rings. The lowest BCUT2D eigenvalue weighted by Crippen LogP contribution is -2.46. The molecule has 3 heteroatoms. The molecule has 1 atom stereocenters. The first kappa shape index (κ1) is 13.3. The van der Waals surface area contributed by atoms with E-state index in [0.29, 0.717) is 6.04 Å². The first-order valence-corrected chi connectivity index (χ1v) is 7.25. The van der Waals surface area contributed by atoms with Gasteiger partial charge in [0.2, 0.25) is 0 Å². The number of rotatable bonds is 4. The smallest absolute Gasteiger partial charge is 0.0641 e. The van der Waals surface area contributed by atoms with Crippen molar-refractivity contribution >= 4 is 0 Å². The van der Waals surface area contributed by atoms with Crippen LogP contribution in [0.2, 0.25) is 0 Å². The predicted octanol–water partition coefficient (Wildman–Crippen LogP) is 2.02. The zero-order chi connectivity index (χ0) is 12.1. The fourth-order valence-corrected chi connectivity index (χ4v) is 3.02. The third-order valence-electron chi connectivity index (χ3n) is 4.01. The Labute approximate surface area is 106 Å². The molecular weight excluding hydrogens is 212 g/mol. The Hall–Kier alpha value is -0.120. The summed E-state index contributed by atoms with van der Waals surface area (Å²) in [6.45, 7) is 10.3. The average molecular weight is 240 g/mol. The van der Waals surface area contributed by atoms with Crippen LogP contribution in [-0.2, 0) is 4.74 Å². The summed E-state index contributed by atoms with van der Waals surface area (Å²) < 4.78 is 5.74. The fourth-order valence-electron chi connectivity index (χ4n) is 3.02. The van der Waals surface area contributed by atoms with Crippen molar-refractivity contribution in [2.24, 2.45) is 0 Å². The normalized spacial score (nSPS) is 30.4. The molecule has 0 aromatic heterocycles. The molecule has 0 saturated carbocycles. The molecule has 0 spiro atoms. The second kappa shape index (κ2) is 6.17. The molecule has 2 aliphatic heterocycles. The summed E-state index contributed by atoms with van der Waals surface area (Å²) in [4.78, 5) is 2.60. The lowest BCUT2D eigenvalue weighted by Gasteiger charge is -2.36. The first-order chi connectivity index (χ1) is 8.16. The number of nitrogens with one attached hydrogen (secondary N) is 1. The van der Waals surface area contributed by atoms with Gasteiger partial charge in [0.1, 0.15) is 0 Å². The Morgan fingerprint density at radius 2 is 2.00 bits per heavy atom. The molecule has 1 unspecified atom stereocenters. The predicted molar refractivity (Wildman–Crippen MR) is 71.3 cm³/mol. The van der Waals surface area contributed by atoms with E-state index in [1.165, 1.54) is 45.3 Å². The molecule has 0 radical (unpaired) electrons. The summed E-state index contributed by atoms with van der Waals surface area (Å²) >= 11 is 0. The molecule has 0 aromatic carbocycles. The van der Waals surface area contributed by atoms with Crippen molar-refractivity contribution in [1.29, 1.82) is 0 Å². The molecule has 17 heavy (non-hydrogen) atoms. The quantitative estimate of drug-likeness (QED) is 0.813. The summed E-state index contributed by atoms with van der Waals surface area (Å²) in [6.07, 6.45) is 6.53. The maximum atomic E-state index is 5.74. The topological polar surface area (TPSA) is 24.5 Å². The van der Waals surface area contributed by atoms with Gasteiger partial charge in [-0.1, -0.05) is 6.42 Å². The molecule has 2 saturated heterocycles. The van der Waals surface area contributed by atoms with E-state index in [4.69, 9.17) is 4.74 Å². The van der Waals surface area contributed by atoms with E-state index in [1.807, 2.05) is 0 Å². The van der Waals surface area contributed by atoms with Crippen LogP contribution in [0.4, 0.5) is 0 Å². The molecule has 2 fully saturated rings. The second-order valence-corrected chi connectivity index (χ2v) is 6.15. The Morgan fingerprint density at radius 3 is 2.71 bits per heavy atom. The molecule has 1 N–H and O–H groups in total. The van der Waals surface area contributed by atoms with E-state index in [-0.39, 0.29) is 5.60 Å². The van der Waals surface area contributed by atoms with Crippen molar-refractivity contribution in [3.05, 3.63) is 0 Å². The Morgan fingerprint density at radius 1 is 1.24 bits per heavy atom. The maximum absolute atomic E-state index is 5.74. The summed E-state index contributed by atoms with van der Waals surface area (Å²) in [7, 11) is 0. The van der Waals surface area contributed by atoms with E-state index in [2.05, 4.69) is 24.1 Å². The Kier molecular flexibility index (Phi) is 4.83. The molecule has 0 aliphatic carbocycles. The van der Waals surface area contributed by atoms with Gasteiger partial charge >= 0.3 is 0 Å². The zero-order valence-corrected chi connectivity index (χ0v) is 11.5. The highest BCUT2D eigenvalue weighted by atomic mass is 16.5. The van der Waals surface area contributed by atoms with Gasteiger partial charge < -0.3 is 15.0 Å². The van der Waals surface area contributed by atoms with Crippen LogP contribution < -0.4 is 5.32 Å². The van der Waals surface area contributed by atoms with Crippen LogP contribution in [0.15, 0.2) is 0 Å². The molecule has 2 heterocycles. The van der Waals surface area contributed by atoms with Crippen LogP contribution in [0.3, 0.4) is 0 Å². The number of likely N-dealkylation sites (tertiary alicyclic amines) is 1. The minimum Gasteiger partial charge on any atom is -0.375 e. The molecule has 100 valence electrons. The van der Waals surface area contributed by atoms with Crippen molar-refractivity contribution < 1.29 is 4.74 Å². The summed E-state index contributed by atoms with van der Waals surface area (Å²) in [5, 5.41) is 3.70. The van der Waals surface area contributed by atoms with Crippen LogP contribution in [0.5, 0.6) is 0 Å². The van der Waals surface area contributed by atoms with Crippen molar-refractivity contribution in [1.82, 2.24) is 10.2 Å². The van der Waals surface area contributed by atoms with E-state index in [0.717, 1.165) is 19.6 Å². The monoisotopic (exact) mass is 240 g/mol. The lowest BCUT2D eigenvalue weighted by atomic mass is 9.94. The van der Waals surface area contributed by atoms with Crippen molar-refractivity contribution in [3.63, 3.8) is 0 Å². The summed E-state index contributed by atoms with van der Waals surface area (Å²) in [6, 6.07) is 0.656. The number of nitrogens with zero attached hydrogens (tertiary/aromatic N) is 1. The fraction of sp³-hybridized carbons (Fsp3) is 1.00. The number of piperidine rings is 1. The van der Waals surface area contributed by atoms with Crippen LogP contribution in [-0.4, -0.2) is 49.3 Å². The van der Waals surface area contributed by atoms with Crippen LogP contribution in [0.25, 0.3) is 0 Å². The highest BCUT2D eigenvalue weighted by molar-refractivity contribution is 4.83. The van der Waals surface area contributed by atoms with Crippen molar-refractivity contribution in [2.45, 2.75) is 57.6 Å². The molecule has 2 rings (SSSR count). The standard InChI is InChI=1S/C14H28N2O/c1-14(2)12-13(6-11-17-14)15-7-10-16-8-4-3-5-9-16/h13,15H,3-12H2,1-2H3. The van der Waals surface area contributed by atoms with E-state index < -0.39 is 0 Å². The highest BCUT2D eigenvalue weighted by Crippen LogP contribution is 2.23. The van der Waals surface area contributed by atoms with Crippen molar-refractivity contribution in [2.75, 3.05) is 32.8 Å². The number of hydrogen-bond donors (Lipinski definition) is 1. The van der Waals surface area contributed by atoms with Gasteiger partial charge in [-0.15, -0.1) is 0 Å². The molecule has 3 nitrogen and oxygen atoms in total. The van der Waals surface area contributed by atoms with Gasteiger partial charge in [-0.05, 0) is 52.6 Å². The average Bonchev–Trinajstić information content (AvgIpc) is 2.29. The third-order valence-corrected chi connectivity index (χ3v) is 4.01. The Bertz CT molecular complexity index is 224. The molecule has 2 aliphatic rings. The summed E-state index contributed by atoms with van der Waals surface area (Å²) in [5.74, 6) is 0. The van der Waals surface area contributed by atoms with Gasteiger partial charge in [-0.3, -0.25) is 0 Å². The minimum absolute atomic E-state index is 0.0705. The zero-order valence-electron chi connectivity index (χ0n) is 11.5. The first-order valence-electron chi connectivity index (χ1n) is 7.25. The van der Waals surface area contributed by atoms with Gasteiger partial charge in [0.05, 0.1) is 5.60 Å². The molecular formula is C14H28N2O. The molecule has 0 bridgehead atoms. The van der Waals surface area contributed by atoms with Crippen molar-refractivity contribution in [3.8, 4) is 0 Å². The number of hydrogen-bond acceptors (Lipinski definition) is 3. The van der Waals surface area contributed by atoms with Gasteiger partial charge in [-0.2, -0.15) is 0 Å². The van der Waals surface area contributed by atoms with Crippen LogP contribution in [0.1, 0.15) is 46.0 Å². The minimum atomic E-state index is 0.0705. The van der Waals surface area contributed by atoms with E-state index in [1.54, 1.807) is 0 Å². The van der Waals surface area contributed by atoms with Gasteiger partial charge in [-0.25, -0.2) is 0 Å². The molecule has 0 amide bonds. The Balaban J connectivity index is 1.61. The second-order valence-electron chi connectivity index (χ2n) is 6.15. The summed E-state index contributed by atoms with van der Waals surface area (Å²) in [5.41, 5.74) is 0.0705. The SMILES string of the molecule is CC1(C)CC(NCCN2CCCCC2)CCO1. The lowest BCUT2D eigenvalue weighted by molar-refractivity contribution is -0.0629. The third kappa shape index (κ3) is 4.57. The van der Waals surface area contributed by atoms with E-state index >= 15 is 0 Å². The maximum Gasteiger partial charge on any atom is 0.0641 e. The highest BCUT2D eigenvalue weighted by Gasteiger charge is 2.28. The van der Waals surface area contributed by atoms with Crippen LogP contribution >= 0.6 is 0 Å². The van der Waals surface area contributed by atoms with E-state index in [9.17, 15) is 0 Å². The van der Waals surface area contributed by atoms with Gasteiger partial charge in [0, 0.05) is 25.7 Å².